The van der Waals surface area contributed by atoms with Gasteiger partial charge < -0.3 is 15.8 Å². The van der Waals surface area contributed by atoms with Crippen molar-refractivity contribution in [3.63, 3.8) is 0 Å². The molecule has 2 aliphatic heterocycles. The number of urea groups is 1. The molecule has 3 aromatic carbocycles. The Labute approximate surface area is 222 Å². The van der Waals surface area contributed by atoms with Crippen LogP contribution in [0.5, 0.6) is 0 Å². The molecule has 8 nitrogen and oxygen atoms in total. The van der Waals surface area contributed by atoms with E-state index in [9.17, 15) is 23.9 Å². The summed E-state index contributed by atoms with van der Waals surface area (Å²) in [5, 5.41) is 11.2. The van der Waals surface area contributed by atoms with Crippen LogP contribution in [-0.4, -0.2) is 39.9 Å². The number of primary amides is 1. The number of aromatic nitrogens is 1. The first-order chi connectivity index (χ1) is 18.7. The molecule has 0 bridgehead atoms. The van der Waals surface area contributed by atoms with Gasteiger partial charge in [0.25, 0.3) is 5.91 Å². The van der Waals surface area contributed by atoms with Gasteiger partial charge in [-0.05, 0) is 47.9 Å². The molecule has 1 atom stereocenters. The number of nitrogens with two attached hydrogens (primary N) is 1. The largest absolute Gasteiger partial charge is 0.440 e. The molecule has 0 saturated heterocycles. The summed E-state index contributed by atoms with van der Waals surface area (Å²) in [6.07, 6.45) is 5.22. The fourth-order valence-electron chi connectivity index (χ4n) is 5.56. The lowest BCUT2D eigenvalue weighted by molar-refractivity contribution is -0.122. The number of aliphatic hydroxyl groups is 1. The normalized spacial score (nSPS) is 18.9. The number of amides is 4. The van der Waals surface area contributed by atoms with E-state index in [2.05, 4.69) is 4.98 Å². The van der Waals surface area contributed by atoms with E-state index in [1.54, 1.807) is 30.3 Å². The molecule has 0 fully saturated rings. The lowest BCUT2D eigenvalue weighted by Crippen LogP contribution is -2.62. The van der Waals surface area contributed by atoms with Crippen molar-refractivity contribution in [3.05, 3.63) is 101 Å². The van der Waals surface area contributed by atoms with E-state index in [4.69, 9.17) is 5.73 Å². The van der Waals surface area contributed by atoms with Crippen LogP contribution in [0.4, 0.5) is 14.9 Å². The summed E-state index contributed by atoms with van der Waals surface area (Å²) in [5.41, 5.74) is 10.5. The van der Waals surface area contributed by atoms with Gasteiger partial charge in [-0.15, -0.1) is 4.48 Å². The minimum absolute atomic E-state index is 0.0818. The number of carbonyl (C=O) groups is 3. The molecular weight excluding hydrogens is 499 g/mol. The Bertz CT molecular complexity index is 1870. The number of allylic oxidation sites excluding steroid dienone is 3. The van der Waals surface area contributed by atoms with E-state index in [1.165, 1.54) is 25.4 Å². The average molecular weight is 524 g/mol. The Morgan fingerprint density at radius 2 is 1.92 bits per heavy atom. The number of halogens is 1. The number of nitrogens with zero attached hydrogens (tertiary/aromatic N) is 2. The van der Waals surface area contributed by atoms with Crippen molar-refractivity contribution < 1.29 is 23.9 Å². The standard InChI is InChI=1S/C30H23FN4O4/c1-16-18(5-3-7-25(16)35(2)26(37)14-24-22(31)6-4-12-34(24)30(35)39)19-10-11-21(29(32)38)28-27(19)20-9-8-17(15-36)13-23(20)33-28/h3-14,36H,15H2,1-2H3,(H2-,32,33,38)/p+1. The molecular formula is C30H24FN4O4+. The number of hydrogen-bond acceptors (Lipinski definition) is 4. The Morgan fingerprint density at radius 3 is 2.67 bits per heavy atom. The zero-order valence-corrected chi connectivity index (χ0v) is 21.2. The van der Waals surface area contributed by atoms with Gasteiger partial charge in [-0.1, -0.05) is 30.3 Å². The SMILES string of the molecule is Cc1c(-c2ccc(C(N)=O)c3[nH]c4cc(CO)ccc4c23)cccc1[N+]1(C)C(=O)C=C2C(F)=CC=CN2C1=O. The van der Waals surface area contributed by atoms with Crippen LogP contribution in [0.15, 0.2) is 84.5 Å². The monoisotopic (exact) mass is 523 g/mol. The van der Waals surface area contributed by atoms with E-state index in [-0.39, 0.29) is 12.3 Å². The van der Waals surface area contributed by atoms with Crippen LogP contribution in [0.3, 0.4) is 0 Å². The first-order valence-electron chi connectivity index (χ1n) is 12.3. The predicted octanol–water partition coefficient (Wildman–Crippen LogP) is 5.05. The Hall–Kier alpha value is -4.86. The third kappa shape index (κ3) is 3.41. The van der Waals surface area contributed by atoms with Crippen LogP contribution in [0.1, 0.15) is 21.5 Å². The molecule has 1 unspecified atom stereocenters. The van der Waals surface area contributed by atoms with Crippen molar-refractivity contribution in [1.82, 2.24) is 14.4 Å². The maximum atomic E-state index is 14.4. The quantitative estimate of drug-likeness (QED) is 0.325. The van der Waals surface area contributed by atoms with Crippen molar-refractivity contribution in [2.24, 2.45) is 5.73 Å². The maximum Gasteiger partial charge on any atom is 0.440 e. The Morgan fingerprint density at radius 1 is 1.13 bits per heavy atom. The summed E-state index contributed by atoms with van der Waals surface area (Å²) in [6.45, 7) is 1.69. The zero-order valence-electron chi connectivity index (χ0n) is 21.2. The van der Waals surface area contributed by atoms with Gasteiger partial charge in [0.05, 0.1) is 36.5 Å². The Kier molecular flexibility index (Phi) is 5.39. The van der Waals surface area contributed by atoms with Gasteiger partial charge in [-0.3, -0.25) is 4.79 Å². The topological polar surface area (TPSA) is 116 Å². The number of carbonyl (C=O) groups excluding carboxylic acids is 3. The Balaban J connectivity index is 1.60. The van der Waals surface area contributed by atoms with Crippen LogP contribution in [-0.2, 0) is 11.4 Å². The number of hydrogen-bond donors (Lipinski definition) is 3. The first-order valence-corrected chi connectivity index (χ1v) is 12.3. The number of quaternary nitrogens is 1. The first kappa shape index (κ1) is 24.5. The minimum Gasteiger partial charge on any atom is -0.392 e. The number of rotatable bonds is 4. The van der Waals surface area contributed by atoms with Crippen LogP contribution in [0.2, 0.25) is 0 Å². The predicted molar refractivity (Wildman–Crippen MR) is 147 cm³/mol. The molecule has 0 aliphatic carbocycles. The highest BCUT2D eigenvalue weighted by atomic mass is 19.1. The molecule has 6 rings (SSSR count). The van der Waals surface area contributed by atoms with Crippen molar-refractivity contribution in [1.29, 1.82) is 0 Å². The number of benzene rings is 3. The van der Waals surface area contributed by atoms with Crippen molar-refractivity contribution in [2.75, 3.05) is 7.05 Å². The van der Waals surface area contributed by atoms with Gasteiger partial charge in [0.15, 0.2) is 5.69 Å². The van der Waals surface area contributed by atoms with Crippen LogP contribution in [0, 0.1) is 6.92 Å². The van der Waals surface area contributed by atoms with Crippen LogP contribution < -0.4 is 10.2 Å². The van der Waals surface area contributed by atoms with Crippen molar-refractivity contribution >= 4 is 45.3 Å². The molecule has 0 saturated carbocycles. The zero-order chi connectivity index (χ0) is 27.6. The van der Waals surface area contributed by atoms with Crippen molar-refractivity contribution in [2.45, 2.75) is 13.5 Å². The second kappa shape index (κ2) is 8.59. The number of nitrogens with one attached hydrogen (secondary N) is 1. The van der Waals surface area contributed by atoms with Crippen LogP contribution in [0.25, 0.3) is 32.9 Å². The lowest BCUT2D eigenvalue weighted by Gasteiger charge is -2.37. The second-order valence-corrected chi connectivity index (χ2v) is 9.77. The van der Waals surface area contributed by atoms with Crippen LogP contribution >= 0.6 is 0 Å². The summed E-state index contributed by atoms with van der Waals surface area (Å²) in [7, 11) is 1.50. The summed E-state index contributed by atoms with van der Waals surface area (Å²) in [4.78, 5) is 43.8. The fourth-order valence-corrected chi connectivity index (χ4v) is 5.56. The number of H-pyrrole nitrogens is 1. The highest BCUT2D eigenvalue weighted by Gasteiger charge is 2.51. The van der Waals surface area contributed by atoms with Gasteiger partial charge >= 0.3 is 11.9 Å². The molecule has 2 aliphatic rings. The smallest absolute Gasteiger partial charge is 0.392 e. The molecule has 1 aromatic heterocycles. The van der Waals surface area contributed by atoms with E-state index < -0.39 is 28.2 Å². The summed E-state index contributed by atoms with van der Waals surface area (Å²) >= 11 is 0. The van der Waals surface area contributed by atoms with E-state index in [0.717, 1.165) is 38.4 Å². The van der Waals surface area contributed by atoms with Gasteiger partial charge in [0, 0.05) is 34.1 Å². The van der Waals surface area contributed by atoms with E-state index in [1.807, 2.05) is 25.1 Å². The maximum absolute atomic E-state index is 14.4. The summed E-state index contributed by atoms with van der Waals surface area (Å²) < 4.78 is 13.7. The summed E-state index contributed by atoms with van der Waals surface area (Å²) in [5.74, 6) is -1.81. The number of imide groups is 1. The molecule has 4 amide bonds. The number of aromatic amines is 1. The minimum atomic E-state index is -0.711. The third-order valence-corrected chi connectivity index (χ3v) is 7.62. The molecule has 4 aromatic rings. The number of aliphatic hydroxyl groups excluding tert-OH is 1. The molecule has 39 heavy (non-hydrogen) atoms. The molecule has 4 N–H and O–H groups in total. The van der Waals surface area contributed by atoms with Gasteiger partial charge in [-0.2, -0.15) is 0 Å². The molecule has 3 heterocycles. The van der Waals surface area contributed by atoms with E-state index in [0.29, 0.717) is 27.9 Å². The molecule has 194 valence electrons. The fraction of sp³-hybridized carbons (Fsp3) is 0.100. The van der Waals surface area contributed by atoms with Gasteiger partial charge in [0.1, 0.15) is 5.83 Å². The van der Waals surface area contributed by atoms with Crippen molar-refractivity contribution in [3.8, 4) is 11.1 Å². The third-order valence-electron chi connectivity index (χ3n) is 7.62. The molecule has 0 radical (unpaired) electrons. The van der Waals surface area contributed by atoms with Gasteiger partial charge in [0.2, 0.25) is 0 Å². The highest BCUT2D eigenvalue weighted by Crippen LogP contribution is 2.42. The number of fused-ring (bicyclic) bond motifs is 4. The van der Waals surface area contributed by atoms with E-state index >= 15 is 0 Å². The molecule has 9 heteroatoms. The molecule has 0 spiro atoms. The lowest BCUT2D eigenvalue weighted by atomic mass is 9.92. The highest BCUT2D eigenvalue weighted by molar-refractivity contribution is 6.21. The number of likely N-dealkylation sites (N-methyl/N-ethyl adjacent to an activating group) is 1. The average Bonchev–Trinajstić information content (AvgIpc) is 3.31. The summed E-state index contributed by atoms with van der Waals surface area (Å²) in [6, 6.07) is 13.7. The van der Waals surface area contributed by atoms with Gasteiger partial charge in [-0.25, -0.2) is 18.9 Å². The second-order valence-electron chi connectivity index (χ2n) is 9.77.